The number of carbonyl (C=O) groups excluding carboxylic acids is 1. The molecule has 0 saturated carbocycles. The maximum Gasteiger partial charge on any atom is 0.255 e. The summed E-state index contributed by atoms with van der Waals surface area (Å²) in [7, 11) is 0. The Balaban J connectivity index is 1.50. The predicted molar refractivity (Wildman–Crippen MR) is 87.6 cm³/mol. The van der Waals surface area contributed by atoms with Gasteiger partial charge in [0.25, 0.3) is 5.91 Å². The summed E-state index contributed by atoms with van der Waals surface area (Å²) in [6.07, 6.45) is 2.57. The quantitative estimate of drug-likeness (QED) is 0.780. The second-order valence-corrected chi connectivity index (χ2v) is 5.42. The van der Waals surface area contributed by atoms with Crippen molar-refractivity contribution >= 4 is 11.6 Å². The molecule has 23 heavy (non-hydrogen) atoms. The van der Waals surface area contributed by atoms with Crippen molar-refractivity contribution in [2.45, 2.75) is 6.42 Å². The van der Waals surface area contributed by atoms with Gasteiger partial charge in [-0.15, -0.1) is 0 Å². The van der Waals surface area contributed by atoms with E-state index in [1.54, 1.807) is 12.3 Å². The molecule has 4 rings (SSSR count). The molecule has 0 spiro atoms. The molecular formula is C18H15N3O2. The molecule has 0 saturated heterocycles. The first-order valence-electron chi connectivity index (χ1n) is 7.46. The molecule has 1 aliphatic rings. The first-order chi connectivity index (χ1) is 11.3. The van der Waals surface area contributed by atoms with Gasteiger partial charge in [-0.2, -0.15) is 5.10 Å². The van der Waals surface area contributed by atoms with Gasteiger partial charge in [0.2, 0.25) is 0 Å². The van der Waals surface area contributed by atoms with Gasteiger partial charge in [-0.1, -0.05) is 12.1 Å². The molecule has 2 N–H and O–H groups in total. The zero-order valence-corrected chi connectivity index (χ0v) is 12.4. The molecule has 1 aromatic heterocycles. The third kappa shape index (κ3) is 2.68. The van der Waals surface area contributed by atoms with Crippen LogP contribution in [0.25, 0.3) is 11.3 Å². The van der Waals surface area contributed by atoms with Crippen LogP contribution >= 0.6 is 0 Å². The highest BCUT2D eigenvalue weighted by atomic mass is 16.5. The summed E-state index contributed by atoms with van der Waals surface area (Å²) < 4.78 is 5.46. The zero-order valence-electron chi connectivity index (χ0n) is 12.4. The smallest absolute Gasteiger partial charge is 0.255 e. The molecule has 1 amide bonds. The third-order valence-corrected chi connectivity index (χ3v) is 3.91. The number of ether oxygens (including phenoxy) is 1. The van der Waals surface area contributed by atoms with Crippen LogP contribution in [0, 0.1) is 0 Å². The molecule has 5 nitrogen and oxygen atoms in total. The van der Waals surface area contributed by atoms with Crippen LogP contribution in [0.4, 0.5) is 5.69 Å². The number of anilines is 1. The monoisotopic (exact) mass is 305 g/mol. The normalized spacial score (nSPS) is 12.5. The number of hydrogen-bond donors (Lipinski definition) is 2. The summed E-state index contributed by atoms with van der Waals surface area (Å²) in [4.78, 5) is 12.4. The summed E-state index contributed by atoms with van der Waals surface area (Å²) in [5, 5.41) is 9.76. The Hall–Kier alpha value is -3.08. The average Bonchev–Trinajstić information content (AvgIpc) is 3.26. The van der Waals surface area contributed by atoms with Gasteiger partial charge in [0, 0.05) is 23.9 Å². The van der Waals surface area contributed by atoms with Crippen molar-refractivity contribution in [2.24, 2.45) is 0 Å². The van der Waals surface area contributed by atoms with Crippen LogP contribution in [0.5, 0.6) is 5.75 Å². The van der Waals surface area contributed by atoms with Crippen molar-refractivity contribution in [3.8, 4) is 17.0 Å². The van der Waals surface area contributed by atoms with Crippen molar-refractivity contribution in [1.29, 1.82) is 0 Å². The van der Waals surface area contributed by atoms with E-state index in [9.17, 15) is 4.79 Å². The standard InChI is InChI=1S/C18H15N3O2/c22-18(14-3-6-17-13(11-14)8-10-23-17)20-15-4-1-12(2-5-15)16-7-9-19-21-16/h1-7,9,11H,8,10H2,(H,19,21)(H,20,22). The van der Waals surface area contributed by atoms with Gasteiger partial charge in [0.15, 0.2) is 0 Å². The summed E-state index contributed by atoms with van der Waals surface area (Å²) in [6.45, 7) is 0.690. The molecule has 2 aromatic carbocycles. The number of carbonyl (C=O) groups is 1. The minimum Gasteiger partial charge on any atom is -0.493 e. The van der Waals surface area contributed by atoms with E-state index >= 15 is 0 Å². The van der Waals surface area contributed by atoms with Crippen molar-refractivity contribution in [3.05, 3.63) is 65.9 Å². The molecule has 0 atom stereocenters. The van der Waals surface area contributed by atoms with Crippen LogP contribution in [0.2, 0.25) is 0 Å². The Morgan fingerprint density at radius 1 is 1.13 bits per heavy atom. The summed E-state index contributed by atoms with van der Waals surface area (Å²) in [5.74, 6) is 0.763. The number of rotatable bonds is 3. The van der Waals surface area contributed by atoms with Crippen LogP contribution < -0.4 is 10.1 Å². The molecule has 0 bridgehead atoms. The largest absolute Gasteiger partial charge is 0.493 e. The maximum atomic E-state index is 12.4. The fourth-order valence-electron chi connectivity index (χ4n) is 2.68. The Bertz CT molecular complexity index is 839. The van der Waals surface area contributed by atoms with Crippen molar-refractivity contribution < 1.29 is 9.53 Å². The molecule has 114 valence electrons. The number of hydrogen-bond acceptors (Lipinski definition) is 3. The fourth-order valence-corrected chi connectivity index (χ4v) is 2.68. The average molecular weight is 305 g/mol. The SMILES string of the molecule is O=C(Nc1ccc(-c2ccn[nH]2)cc1)c1ccc2c(c1)CCO2. The molecule has 2 heterocycles. The van der Waals surface area contributed by atoms with Gasteiger partial charge in [0.1, 0.15) is 5.75 Å². The Kier molecular flexibility index (Phi) is 3.31. The lowest BCUT2D eigenvalue weighted by atomic mass is 10.1. The van der Waals surface area contributed by atoms with Gasteiger partial charge in [0.05, 0.1) is 12.3 Å². The number of H-pyrrole nitrogens is 1. The van der Waals surface area contributed by atoms with Crippen molar-refractivity contribution in [1.82, 2.24) is 10.2 Å². The van der Waals surface area contributed by atoms with E-state index in [0.29, 0.717) is 12.2 Å². The van der Waals surface area contributed by atoms with Crippen molar-refractivity contribution in [3.63, 3.8) is 0 Å². The van der Waals surface area contributed by atoms with Crippen LogP contribution in [0.3, 0.4) is 0 Å². The van der Waals surface area contributed by atoms with E-state index in [4.69, 9.17) is 4.74 Å². The Morgan fingerprint density at radius 2 is 2.00 bits per heavy atom. The lowest BCUT2D eigenvalue weighted by Crippen LogP contribution is -2.11. The first-order valence-corrected chi connectivity index (χ1v) is 7.46. The molecule has 1 aliphatic heterocycles. The van der Waals surface area contributed by atoms with Crippen molar-refractivity contribution in [2.75, 3.05) is 11.9 Å². The molecular weight excluding hydrogens is 290 g/mol. The highest BCUT2D eigenvalue weighted by molar-refractivity contribution is 6.04. The van der Waals surface area contributed by atoms with Crippen LogP contribution in [-0.2, 0) is 6.42 Å². The highest BCUT2D eigenvalue weighted by Gasteiger charge is 2.15. The number of nitrogens with one attached hydrogen (secondary N) is 2. The predicted octanol–water partition coefficient (Wildman–Crippen LogP) is 3.26. The lowest BCUT2D eigenvalue weighted by Gasteiger charge is -2.07. The number of nitrogens with zero attached hydrogens (tertiary/aromatic N) is 1. The highest BCUT2D eigenvalue weighted by Crippen LogP contribution is 2.26. The zero-order chi connectivity index (χ0) is 15.6. The van der Waals surface area contributed by atoms with E-state index < -0.39 is 0 Å². The molecule has 0 unspecified atom stereocenters. The van der Waals surface area contributed by atoms with Gasteiger partial charge in [-0.25, -0.2) is 0 Å². The van der Waals surface area contributed by atoms with E-state index in [1.165, 1.54) is 0 Å². The number of aromatic amines is 1. The topological polar surface area (TPSA) is 67.0 Å². The molecule has 0 fully saturated rings. The second kappa shape index (κ2) is 5.61. The van der Waals surface area contributed by atoms with Crippen LogP contribution in [-0.4, -0.2) is 22.7 Å². The fraction of sp³-hybridized carbons (Fsp3) is 0.111. The molecule has 0 radical (unpaired) electrons. The maximum absolute atomic E-state index is 12.4. The molecule has 3 aromatic rings. The minimum absolute atomic E-state index is 0.117. The van der Waals surface area contributed by atoms with Gasteiger partial charge >= 0.3 is 0 Å². The second-order valence-electron chi connectivity index (χ2n) is 5.42. The lowest BCUT2D eigenvalue weighted by molar-refractivity contribution is 0.102. The summed E-state index contributed by atoms with van der Waals surface area (Å²) in [5.41, 5.74) is 4.46. The molecule has 0 aliphatic carbocycles. The summed E-state index contributed by atoms with van der Waals surface area (Å²) >= 11 is 0. The van der Waals surface area contributed by atoms with Crippen LogP contribution in [0.1, 0.15) is 15.9 Å². The number of aromatic nitrogens is 2. The van der Waals surface area contributed by atoms with E-state index in [2.05, 4.69) is 15.5 Å². The third-order valence-electron chi connectivity index (χ3n) is 3.91. The summed E-state index contributed by atoms with van der Waals surface area (Å²) in [6, 6.07) is 15.1. The number of amides is 1. The van der Waals surface area contributed by atoms with E-state index in [-0.39, 0.29) is 5.91 Å². The van der Waals surface area contributed by atoms with Crippen LogP contribution in [0.15, 0.2) is 54.7 Å². The Morgan fingerprint density at radius 3 is 2.78 bits per heavy atom. The Labute approximate surface area is 133 Å². The van der Waals surface area contributed by atoms with E-state index in [0.717, 1.165) is 34.7 Å². The minimum atomic E-state index is -0.117. The first kappa shape index (κ1) is 13.6. The van der Waals surface area contributed by atoms with Gasteiger partial charge in [-0.05, 0) is 47.5 Å². The molecule has 5 heteroatoms. The number of benzene rings is 2. The van der Waals surface area contributed by atoms with Gasteiger partial charge < -0.3 is 10.1 Å². The number of fused-ring (bicyclic) bond motifs is 1. The van der Waals surface area contributed by atoms with Gasteiger partial charge in [-0.3, -0.25) is 9.89 Å². The van der Waals surface area contributed by atoms with E-state index in [1.807, 2.05) is 42.5 Å².